The van der Waals surface area contributed by atoms with Crippen LogP contribution in [0, 0.1) is 27.4 Å². The molecule has 18 heavy (non-hydrogen) atoms. The van der Waals surface area contributed by atoms with Crippen molar-refractivity contribution in [1.29, 1.82) is 5.26 Å². The number of nitrogens with one attached hydrogen (secondary N) is 1. The zero-order valence-electron chi connectivity index (χ0n) is 10.1. The van der Waals surface area contributed by atoms with Gasteiger partial charge in [0.15, 0.2) is 0 Å². The van der Waals surface area contributed by atoms with E-state index in [4.69, 9.17) is 5.26 Å². The fourth-order valence-corrected chi connectivity index (χ4v) is 2.11. The highest BCUT2D eigenvalue weighted by atomic mass is 16.6. The molecule has 1 aromatic rings. The second-order valence-corrected chi connectivity index (χ2v) is 4.55. The van der Waals surface area contributed by atoms with Crippen LogP contribution in [0.2, 0.25) is 0 Å². The van der Waals surface area contributed by atoms with Gasteiger partial charge in [-0.3, -0.25) is 10.1 Å². The number of aromatic nitrogens is 1. The maximum atomic E-state index is 11.0. The largest absolute Gasteiger partial charge is 0.362 e. The van der Waals surface area contributed by atoms with Crippen molar-refractivity contribution in [2.45, 2.75) is 32.2 Å². The van der Waals surface area contributed by atoms with Crippen molar-refractivity contribution in [3.05, 3.63) is 27.9 Å². The molecule has 1 N–H and O–H groups in total. The molecule has 0 amide bonds. The van der Waals surface area contributed by atoms with Crippen LogP contribution in [0.5, 0.6) is 0 Å². The van der Waals surface area contributed by atoms with Gasteiger partial charge in [-0.05, 0) is 31.7 Å². The minimum Gasteiger partial charge on any atom is -0.362 e. The minimum absolute atomic E-state index is 0.0401. The summed E-state index contributed by atoms with van der Waals surface area (Å²) in [4.78, 5) is 14.4. The highest BCUT2D eigenvalue weighted by Gasteiger charge is 2.27. The molecular formula is C12H14N4O2. The average molecular weight is 246 g/mol. The van der Waals surface area contributed by atoms with Crippen LogP contribution in [-0.4, -0.2) is 15.9 Å². The lowest BCUT2D eigenvalue weighted by atomic mass is 9.80. The van der Waals surface area contributed by atoms with Crippen LogP contribution in [0.25, 0.3) is 0 Å². The average Bonchev–Trinajstić information content (AvgIpc) is 2.25. The van der Waals surface area contributed by atoms with E-state index < -0.39 is 4.92 Å². The van der Waals surface area contributed by atoms with E-state index in [0.717, 1.165) is 12.8 Å². The van der Waals surface area contributed by atoms with Gasteiger partial charge in [-0.15, -0.1) is 0 Å². The predicted octanol–water partition coefficient (Wildman–Crippen LogP) is 2.46. The number of nitriles is 1. The molecule has 0 saturated heterocycles. The van der Waals surface area contributed by atoms with E-state index in [0.29, 0.717) is 5.92 Å². The lowest BCUT2D eigenvalue weighted by molar-refractivity contribution is -0.384. The van der Waals surface area contributed by atoms with Crippen molar-refractivity contribution >= 4 is 11.5 Å². The first-order valence-corrected chi connectivity index (χ1v) is 5.93. The number of rotatable bonds is 4. The third-order valence-electron chi connectivity index (χ3n) is 3.45. The van der Waals surface area contributed by atoms with Gasteiger partial charge in [0.1, 0.15) is 11.6 Å². The molecule has 0 radical (unpaired) electrons. The molecule has 1 aliphatic carbocycles. The molecule has 0 aromatic carbocycles. The zero-order chi connectivity index (χ0) is 13.1. The summed E-state index contributed by atoms with van der Waals surface area (Å²) in [5, 5.41) is 23.0. The van der Waals surface area contributed by atoms with Crippen molar-refractivity contribution < 1.29 is 4.92 Å². The topological polar surface area (TPSA) is 91.8 Å². The monoisotopic (exact) mass is 246 g/mol. The molecule has 6 heteroatoms. The molecule has 1 aliphatic rings. The number of pyridine rings is 1. The van der Waals surface area contributed by atoms with Crippen LogP contribution in [0.3, 0.4) is 0 Å². The number of hydrogen-bond acceptors (Lipinski definition) is 5. The number of nitro groups is 1. The summed E-state index contributed by atoms with van der Waals surface area (Å²) < 4.78 is 0. The van der Waals surface area contributed by atoms with E-state index in [-0.39, 0.29) is 23.1 Å². The summed E-state index contributed by atoms with van der Waals surface area (Å²) in [7, 11) is 0. The van der Waals surface area contributed by atoms with Gasteiger partial charge >= 0.3 is 5.69 Å². The first-order chi connectivity index (χ1) is 8.63. The smallest absolute Gasteiger partial charge is 0.328 e. The summed E-state index contributed by atoms with van der Waals surface area (Å²) in [6, 6.07) is 3.32. The molecule has 1 saturated carbocycles. The molecular weight excluding hydrogens is 232 g/mol. The second kappa shape index (κ2) is 5.00. The summed E-state index contributed by atoms with van der Waals surface area (Å²) in [5.74, 6) is 0.732. The van der Waals surface area contributed by atoms with E-state index in [2.05, 4.69) is 10.3 Å². The SMILES string of the molecule is CC(Nc1nccc(C#N)c1[N+](=O)[O-])C1CCC1. The summed E-state index contributed by atoms with van der Waals surface area (Å²) in [6.45, 7) is 1.99. The highest BCUT2D eigenvalue weighted by Crippen LogP contribution is 2.33. The predicted molar refractivity (Wildman–Crippen MR) is 66.0 cm³/mol. The highest BCUT2D eigenvalue weighted by molar-refractivity contribution is 5.64. The van der Waals surface area contributed by atoms with Crippen LogP contribution in [0.4, 0.5) is 11.5 Å². The molecule has 1 heterocycles. The Morgan fingerprint density at radius 1 is 1.67 bits per heavy atom. The third-order valence-corrected chi connectivity index (χ3v) is 3.45. The van der Waals surface area contributed by atoms with E-state index in [1.54, 1.807) is 0 Å². The normalized spacial score (nSPS) is 16.4. The standard InChI is InChI=1S/C12H14N4O2/c1-8(9-3-2-4-9)15-12-11(16(17)18)10(7-13)5-6-14-12/h5-6,8-9H,2-4H2,1H3,(H,14,15). The molecule has 0 aliphatic heterocycles. The van der Waals surface area contributed by atoms with Gasteiger partial charge in [-0.25, -0.2) is 4.98 Å². The van der Waals surface area contributed by atoms with Crippen molar-refractivity contribution in [2.75, 3.05) is 5.32 Å². The van der Waals surface area contributed by atoms with E-state index >= 15 is 0 Å². The van der Waals surface area contributed by atoms with Gasteiger partial charge < -0.3 is 5.32 Å². The molecule has 1 aromatic heterocycles. The zero-order valence-corrected chi connectivity index (χ0v) is 10.1. The fraction of sp³-hybridized carbons (Fsp3) is 0.500. The van der Waals surface area contributed by atoms with Crippen LogP contribution < -0.4 is 5.32 Å². The van der Waals surface area contributed by atoms with Gasteiger partial charge in [0, 0.05) is 12.2 Å². The molecule has 0 bridgehead atoms. The summed E-state index contributed by atoms with van der Waals surface area (Å²) in [5.41, 5.74) is -0.190. The Labute approximate surface area is 105 Å². The van der Waals surface area contributed by atoms with Crippen molar-refractivity contribution in [2.24, 2.45) is 5.92 Å². The Balaban J connectivity index is 2.26. The molecule has 1 unspecified atom stereocenters. The lowest BCUT2D eigenvalue weighted by Crippen LogP contribution is -2.31. The number of anilines is 1. The Kier molecular flexibility index (Phi) is 3.42. The summed E-state index contributed by atoms with van der Waals surface area (Å²) >= 11 is 0. The first kappa shape index (κ1) is 12.3. The molecule has 1 atom stereocenters. The van der Waals surface area contributed by atoms with Crippen LogP contribution in [-0.2, 0) is 0 Å². The van der Waals surface area contributed by atoms with Gasteiger partial charge in [0.25, 0.3) is 0 Å². The molecule has 1 fully saturated rings. The van der Waals surface area contributed by atoms with Gasteiger partial charge in [-0.1, -0.05) is 6.42 Å². The summed E-state index contributed by atoms with van der Waals surface area (Å²) in [6.07, 6.45) is 4.91. The van der Waals surface area contributed by atoms with Crippen molar-refractivity contribution in [3.63, 3.8) is 0 Å². The van der Waals surface area contributed by atoms with Gasteiger partial charge in [0.2, 0.25) is 5.82 Å². The molecule has 0 spiro atoms. The maximum absolute atomic E-state index is 11.0. The lowest BCUT2D eigenvalue weighted by Gasteiger charge is -2.32. The molecule has 94 valence electrons. The van der Waals surface area contributed by atoms with E-state index in [9.17, 15) is 10.1 Å². The third kappa shape index (κ3) is 2.25. The van der Waals surface area contributed by atoms with Crippen LogP contribution in [0.15, 0.2) is 12.3 Å². The first-order valence-electron chi connectivity index (χ1n) is 5.93. The maximum Gasteiger partial charge on any atom is 0.328 e. The quantitative estimate of drug-likeness (QED) is 0.650. The van der Waals surface area contributed by atoms with Gasteiger partial charge in [0.05, 0.1) is 4.92 Å². The van der Waals surface area contributed by atoms with Crippen molar-refractivity contribution in [3.8, 4) is 6.07 Å². The molecule has 6 nitrogen and oxygen atoms in total. The second-order valence-electron chi connectivity index (χ2n) is 4.55. The Morgan fingerprint density at radius 3 is 2.89 bits per heavy atom. The van der Waals surface area contributed by atoms with Crippen molar-refractivity contribution in [1.82, 2.24) is 4.98 Å². The molecule has 2 rings (SSSR count). The van der Waals surface area contributed by atoms with E-state index in [1.165, 1.54) is 18.7 Å². The number of nitrogens with zero attached hydrogens (tertiary/aromatic N) is 3. The fourth-order valence-electron chi connectivity index (χ4n) is 2.11. The van der Waals surface area contributed by atoms with Gasteiger partial charge in [-0.2, -0.15) is 5.26 Å². The number of hydrogen-bond donors (Lipinski definition) is 1. The van der Waals surface area contributed by atoms with E-state index in [1.807, 2.05) is 13.0 Å². The Morgan fingerprint density at radius 2 is 2.39 bits per heavy atom. The minimum atomic E-state index is -0.554. The van der Waals surface area contributed by atoms with Crippen LogP contribution >= 0.6 is 0 Å². The van der Waals surface area contributed by atoms with Crippen LogP contribution in [0.1, 0.15) is 31.7 Å². The Bertz CT molecular complexity index is 505. The Hall–Kier alpha value is -2.16.